The molecule has 16 heavy (non-hydrogen) atoms. The fourth-order valence-corrected chi connectivity index (χ4v) is 1.68. The third-order valence-electron chi connectivity index (χ3n) is 2.60. The highest BCUT2D eigenvalue weighted by molar-refractivity contribution is 5.69. The lowest BCUT2D eigenvalue weighted by atomic mass is 9.99. The van der Waals surface area contributed by atoms with Crippen LogP contribution in [0.3, 0.4) is 0 Å². The van der Waals surface area contributed by atoms with E-state index in [0.29, 0.717) is 5.56 Å². The monoisotopic (exact) mass is 216 g/mol. The van der Waals surface area contributed by atoms with E-state index in [1.807, 2.05) is 6.92 Å². The molecule has 4 nitrogen and oxygen atoms in total. The van der Waals surface area contributed by atoms with Gasteiger partial charge in [-0.05, 0) is 37.1 Å². The van der Waals surface area contributed by atoms with E-state index in [1.165, 1.54) is 0 Å². The maximum Gasteiger partial charge on any atom is 0.267 e. The number of nitrogens with zero attached hydrogens (tertiary/aromatic N) is 1. The number of H-pyrrole nitrogens is 1. The second kappa shape index (κ2) is 3.81. The van der Waals surface area contributed by atoms with Crippen LogP contribution in [0.2, 0.25) is 0 Å². The molecule has 0 aliphatic carbocycles. The summed E-state index contributed by atoms with van der Waals surface area (Å²) in [5.74, 6) is 0.219. The van der Waals surface area contributed by atoms with Crippen LogP contribution in [0.5, 0.6) is 5.75 Å². The molecule has 1 aromatic heterocycles. The van der Waals surface area contributed by atoms with Gasteiger partial charge in [-0.15, -0.1) is 0 Å². The third kappa shape index (κ3) is 1.69. The van der Waals surface area contributed by atoms with E-state index in [0.717, 1.165) is 16.7 Å². The first kappa shape index (κ1) is 10.4. The van der Waals surface area contributed by atoms with Gasteiger partial charge in [0.15, 0.2) is 0 Å². The summed E-state index contributed by atoms with van der Waals surface area (Å²) in [4.78, 5) is 11.4. The standard InChI is InChI=1S/C12H12N2O2/c1-7-5-9(15)3-4-10(7)11-6-13-14-12(16)8(11)2/h3-6,15H,1-2H3,(H,14,16). The van der Waals surface area contributed by atoms with Crippen LogP contribution in [0.25, 0.3) is 11.1 Å². The summed E-state index contributed by atoms with van der Waals surface area (Å²) >= 11 is 0. The van der Waals surface area contributed by atoms with Crippen LogP contribution in [-0.4, -0.2) is 15.3 Å². The van der Waals surface area contributed by atoms with Crippen molar-refractivity contribution in [2.75, 3.05) is 0 Å². The van der Waals surface area contributed by atoms with E-state index in [9.17, 15) is 9.90 Å². The molecule has 0 aliphatic heterocycles. The highest BCUT2D eigenvalue weighted by Crippen LogP contribution is 2.26. The van der Waals surface area contributed by atoms with Crippen molar-refractivity contribution in [3.05, 3.63) is 45.9 Å². The van der Waals surface area contributed by atoms with Crippen molar-refractivity contribution < 1.29 is 5.11 Å². The Hall–Kier alpha value is -2.10. The Kier molecular flexibility index (Phi) is 2.48. The molecule has 0 aliphatic rings. The van der Waals surface area contributed by atoms with Gasteiger partial charge in [0.2, 0.25) is 0 Å². The van der Waals surface area contributed by atoms with E-state index in [2.05, 4.69) is 10.2 Å². The predicted octanol–water partition coefficient (Wildman–Crippen LogP) is 1.76. The highest BCUT2D eigenvalue weighted by atomic mass is 16.3. The van der Waals surface area contributed by atoms with E-state index in [-0.39, 0.29) is 11.3 Å². The van der Waals surface area contributed by atoms with Gasteiger partial charge in [0.05, 0.1) is 6.20 Å². The number of nitrogens with one attached hydrogen (secondary N) is 1. The van der Waals surface area contributed by atoms with Crippen LogP contribution in [0.4, 0.5) is 0 Å². The number of aryl methyl sites for hydroxylation is 1. The molecule has 0 radical (unpaired) electrons. The molecule has 0 atom stereocenters. The number of hydrogen-bond acceptors (Lipinski definition) is 3. The minimum Gasteiger partial charge on any atom is -0.508 e. The Balaban J connectivity index is 2.68. The molecule has 1 heterocycles. The number of benzene rings is 1. The summed E-state index contributed by atoms with van der Waals surface area (Å²) in [7, 11) is 0. The molecular formula is C12H12N2O2. The summed E-state index contributed by atoms with van der Waals surface area (Å²) in [6.45, 7) is 3.64. The molecule has 0 saturated heterocycles. The Morgan fingerprint density at radius 1 is 1.25 bits per heavy atom. The first-order valence-corrected chi connectivity index (χ1v) is 4.94. The molecule has 0 fully saturated rings. The quantitative estimate of drug-likeness (QED) is 0.763. The fourth-order valence-electron chi connectivity index (χ4n) is 1.68. The number of phenols is 1. The lowest BCUT2D eigenvalue weighted by molar-refractivity contribution is 0.475. The van der Waals surface area contributed by atoms with E-state index in [1.54, 1.807) is 31.3 Å². The summed E-state index contributed by atoms with van der Waals surface area (Å²) in [5, 5.41) is 15.5. The minimum absolute atomic E-state index is 0.190. The van der Waals surface area contributed by atoms with Gasteiger partial charge >= 0.3 is 0 Å². The Morgan fingerprint density at radius 3 is 2.69 bits per heavy atom. The molecule has 1 aromatic carbocycles. The second-order valence-electron chi connectivity index (χ2n) is 3.74. The number of hydrogen-bond donors (Lipinski definition) is 2. The van der Waals surface area contributed by atoms with E-state index < -0.39 is 0 Å². The van der Waals surface area contributed by atoms with Gasteiger partial charge in [0, 0.05) is 11.1 Å². The Bertz CT molecular complexity index is 588. The maximum atomic E-state index is 11.4. The number of aromatic nitrogens is 2. The zero-order valence-corrected chi connectivity index (χ0v) is 9.11. The van der Waals surface area contributed by atoms with Crippen molar-refractivity contribution in [3.63, 3.8) is 0 Å². The predicted molar refractivity (Wildman–Crippen MR) is 61.4 cm³/mol. The van der Waals surface area contributed by atoms with Crippen molar-refractivity contribution >= 4 is 0 Å². The number of aromatic amines is 1. The van der Waals surface area contributed by atoms with Gasteiger partial charge in [0.1, 0.15) is 5.75 Å². The molecule has 0 bridgehead atoms. The van der Waals surface area contributed by atoms with Crippen molar-refractivity contribution in [2.24, 2.45) is 0 Å². The summed E-state index contributed by atoms with van der Waals surface area (Å²) in [5.41, 5.74) is 3.06. The molecule has 0 amide bonds. The molecule has 2 N–H and O–H groups in total. The van der Waals surface area contributed by atoms with E-state index in [4.69, 9.17) is 0 Å². The number of rotatable bonds is 1. The summed E-state index contributed by atoms with van der Waals surface area (Å²) < 4.78 is 0. The second-order valence-corrected chi connectivity index (χ2v) is 3.74. The van der Waals surface area contributed by atoms with Crippen molar-refractivity contribution in [2.45, 2.75) is 13.8 Å². The SMILES string of the molecule is Cc1cc(O)ccc1-c1cn[nH]c(=O)c1C. The smallest absolute Gasteiger partial charge is 0.267 e. The first-order chi connectivity index (χ1) is 7.59. The van der Waals surface area contributed by atoms with Crippen LogP contribution >= 0.6 is 0 Å². The molecule has 2 aromatic rings. The lowest BCUT2D eigenvalue weighted by Crippen LogP contribution is -2.12. The van der Waals surface area contributed by atoms with Crippen LogP contribution in [0, 0.1) is 13.8 Å². The van der Waals surface area contributed by atoms with Crippen LogP contribution in [0.1, 0.15) is 11.1 Å². The molecule has 0 saturated carbocycles. The van der Waals surface area contributed by atoms with Crippen molar-refractivity contribution in [1.82, 2.24) is 10.2 Å². The number of aromatic hydroxyl groups is 1. The van der Waals surface area contributed by atoms with Crippen LogP contribution < -0.4 is 5.56 Å². The molecule has 0 unspecified atom stereocenters. The molecule has 2 rings (SSSR count). The van der Waals surface area contributed by atoms with Gasteiger partial charge in [-0.25, -0.2) is 5.10 Å². The van der Waals surface area contributed by atoms with E-state index >= 15 is 0 Å². The van der Waals surface area contributed by atoms with Crippen LogP contribution in [-0.2, 0) is 0 Å². The molecule has 4 heteroatoms. The average molecular weight is 216 g/mol. The van der Waals surface area contributed by atoms with Crippen molar-refractivity contribution in [1.29, 1.82) is 0 Å². The summed E-state index contributed by atoms with van der Waals surface area (Å²) in [6.07, 6.45) is 1.62. The number of phenolic OH excluding ortho intramolecular Hbond substituents is 1. The van der Waals surface area contributed by atoms with Gasteiger partial charge in [-0.1, -0.05) is 6.07 Å². The fraction of sp³-hybridized carbons (Fsp3) is 0.167. The maximum absolute atomic E-state index is 11.4. The zero-order chi connectivity index (χ0) is 11.7. The highest BCUT2D eigenvalue weighted by Gasteiger charge is 2.08. The van der Waals surface area contributed by atoms with Crippen LogP contribution in [0.15, 0.2) is 29.2 Å². The van der Waals surface area contributed by atoms with Gasteiger partial charge in [0.25, 0.3) is 5.56 Å². The lowest BCUT2D eigenvalue weighted by Gasteiger charge is -2.07. The Morgan fingerprint density at radius 2 is 2.00 bits per heavy atom. The topological polar surface area (TPSA) is 66.0 Å². The largest absolute Gasteiger partial charge is 0.508 e. The molecule has 82 valence electrons. The van der Waals surface area contributed by atoms with Gasteiger partial charge in [-0.2, -0.15) is 5.10 Å². The normalized spacial score (nSPS) is 10.4. The zero-order valence-electron chi connectivity index (χ0n) is 9.11. The first-order valence-electron chi connectivity index (χ1n) is 4.94. The third-order valence-corrected chi connectivity index (χ3v) is 2.60. The minimum atomic E-state index is -0.190. The molecular weight excluding hydrogens is 204 g/mol. The van der Waals surface area contributed by atoms with Crippen molar-refractivity contribution in [3.8, 4) is 16.9 Å². The summed E-state index contributed by atoms with van der Waals surface area (Å²) in [6, 6.07) is 5.05. The molecule has 0 spiro atoms. The van der Waals surface area contributed by atoms with Gasteiger partial charge < -0.3 is 5.11 Å². The Labute approximate surface area is 92.6 Å². The average Bonchev–Trinajstić information content (AvgIpc) is 2.23. The van der Waals surface area contributed by atoms with Gasteiger partial charge in [-0.3, -0.25) is 4.79 Å².